The van der Waals surface area contributed by atoms with Crippen molar-refractivity contribution in [1.82, 2.24) is 14.8 Å². The normalized spacial score (nSPS) is 18.5. The molecule has 23 heavy (non-hydrogen) atoms. The molecule has 0 saturated carbocycles. The van der Waals surface area contributed by atoms with E-state index >= 15 is 0 Å². The lowest BCUT2D eigenvalue weighted by molar-refractivity contribution is -0.146. The number of hydrogen-bond acceptors (Lipinski definition) is 3. The number of halogens is 3. The van der Waals surface area contributed by atoms with Gasteiger partial charge in [0.25, 0.3) is 0 Å². The SMILES string of the molecule is CCN(CC1CCN(C(=O)Nc2cccnc2)C1)CC(F)(F)F. The summed E-state index contributed by atoms with van der Waals surface area (Å²) in [7, 11) is 0. The lowest BCUT2D eigenvalue weighted by Gasteiger charge is -2.25. The molecule has 0 bridgehead atoms. The van der Waals surface area contributed by atoms with Gasteiger partial charge in [0.15, 0.2) is 0 Å². The molecule has 2 heterocycles. The fourth-order valence-electron chi connectivity index (χ4n) is 2.73. The molecule has 8 heteroatoms. The number of alkyl halides is 3. The number of pyridine rings is 1. The van der Waals surface area contributed by atoms with Crippen LogP contribution in [0.5, 0.6) is 0 Å². The number of amides is 2. The number of anilines is 1. The largest absolute Gasteiger partial charge is 0.401 e. The number of carbonyl (C=O) groups is 1. The maximum atomic E-state index is 12.5. The summed E-state index contributed by atoms with van der Waals surface area (Å²) in [5.74, 6) is 0.0666. The second-order valence-corrected chi connectivity index (χ2v) is 5.72. The molecule has 0 spiro atoms. The van der Waals surface area contributed by atoms with Crippen molar-refractivity contribution in [2.24, 2.45) is 5.92 Å². The zero-order valence-corrected chi connectivity index (χ0v) is 13.0. The zero-order valence-electron chi connectivity index (χ0n) is 13.0. The van der Waals surface area contributed by atoms with Crippen molar-refractivity contribution < 1.29 is 18.0 Å². The van der Waals surface area contributed by atoms with E-state index in [9.17, 15) is 18.0 Å². The van der Waals surface area contributed by atoms with Crippen LogP contribution in [0.15, 0.2) is 24.5 Å². The van der Waals surface area contributed by atoms with Crippen LogP contribution < -0.4 is 5.32 Å². The molecule has 1 aromatic rings. The highest BCUT2D eigenvalue weighted by molar-refractivity contribution is 5.89. The molecule has 0 aromatic carbocycles. The molecule has 128 valence electrons. The molecule has 1 saturated heterocycles. The minimum Gasteiger partial charge on any atom is -0.324 e. The Labute approximate surface area is 133 Å². The van der Waals surface area contributed by atoms with Crippen molar-refractivity contribution in [2.45, 2.75) is 19.5 Å². The Hall–Kier alpha value is -1.83. The second kappa shape index (κ2) is 7.63. The maximum Gasteiger partial charge on any atom is 0.401 e. The van der Waals surface area contributed by atoms with Crippen LogP contribution >= 0.6 is 0 Å². The van der Waals surface area contributed by atoms with Gasteiger partial charge in [-0.3, -0.25) is 9.88 Å². The molecule has 1 aliphatic heterocycles. The first-order valence-electron chi connectivity index (χ1n) is 7.62. The number of rotatable bonds is 5. The summed E-state index contributed by atoms with van der Waals surface area (Å²) >= 11 is 0. The van der Waals surface area contributed by atoms with E-state index in [1.54, 1.807) is 36.4 Å². The van der Waals surface area contributed by atoms with Gasteiger partial charge in [-0.05, 0) is 31.0 Å². The predicted octanol–water partition coefficient (Wildman–Crippen LogP) is 2.82. The van der Waals surface area contributed by atoms with Crippen molar-refractivity contribution in [3.8, 4) is 0 Å². The molecule has 2 rings (SSSR count). The number of carbonyl (C=O) groups excluding carboxylic acids is 1. The highest BCUT2D eigenvalue weighted by Gasteiger charge is 2.33. The second-order valence-electron chi connectivity index (χ2n) is 5.72. The van der Waals surface area contributed by atoms with Crippen LogP contribution in [0, 0.1) is 5.92 Å². The van der Waals surface area contributed by atoms with Gasteiger partial charge in [0, 0.05) is 25.8 Å². The standard InChI is InChI=1S/C15H21F3N4O/c1-2-21(11-15(16,17)18)9-12-5-7-22(10-12)14(23)20-13-4-3-6-19-8-13/h3-4,6,8,12H,2,5,7,9-11H2,1H3,(H,20,23). The first-order valence-corrected chi connectivity index (χ1v) is 7.62. The van der Waals surface area contributed by atoms with Gasteiger partial charge in [-0.25, -0.2) is 4.79 Å². The van der Waals surface area contributed by atoms with Crippen LogP contribution in [0.3, 0.4) is 0 Å². The van der Waals surface area contributed by atoms with Crippen LogP contribution in [0.2, 0.25) is 0 Å². The van der Waals surface area contributed by atoms with Crippen LogP contribution in [0.4, 0.5) is 23.7 Å². The van der Waals surface area contributed by atoms with Gasteiger partial charge in [0.1, 0.15) is 0 Å². The summed E-state index contributed by atoms with van der Waals surface area (Å²) in [6.07, 6.45) is -0.310. The summed E-state index contributed by atoms with van der Waals surface area (Å²) in [6, 6.07) is 3.22. The molecule has 1 atom stereocenters. The van der Waals surface area contributed by atoms with E-state index in [0.717, 1.165) is 6.42 Å². The van der Waals surface area contributed by atoms with E-state index in [2.05, 4.69) is 10.3 Å². The van der Waals surface area contributed by atoms with E-state index in [1.807, 2.05) is 0 Å². The lowest BCUT2D eigenvalue weighted by atomic mass is 10.1. The zero-order chi connectivity index (χ0) is 16.9. The van der Waals surface area contributed by atoms with E-state index < -0.39 is 12.7 Å². The van der Waals surface area contributed by atoms with Gasteiger partial charge in [-0.2, -0.15) is 13.2 Å². The predicted molar refractivity (Wildman–Crippen MR) is 81.1 cm³/mol. The van der Waals surface area contributed by atoms with Crippen molar-refractivity contribution in [2.75, 3.05) is 38.0 Å². The summed E-state index contributed by atoms with van der Waals surface area (Å²) in [5, 5.41) is 2.74. The quantitative estimate of drug-likeness (QED) is 0.903. The smallest absolute Gasteiger partial charge is 0.324 e. The topological polar surface area (TPSA) is 48.5 Å². The fraction of sp³-hybridized carbons (Fsp3) is 0.600. The van der Waals surface area contributed by atoms with E-state index in [1.165, 1.54) is 4.90 Å². The number of hydrogen-bond donors (Lipinski definition) is 1. The Morgan fingerprint density at radius 1 is 1.52 bits per heavy atom. The Bertz CT molecular complexity index is 509. The third-order valence-corrected chi connectivity index (χ3v) is 3.85. The van der Waals surface area contributed by atoms with Crippen LogP contribution in [0.25, 0.3) is 0 Å². The molecule has 1 fully saturated rings. The van der Waals surface area contributed by atoms with Crippen molar-refractivity contribution in [1.29, 1.82) is 0 Å². The van der Waals surface area contributed by atoms with E-state index in [4.69, 9.17) is 0 Å². The molecule has 1 unspecified atom stereocenters. The highest BCUT2D eigenvalue weighted by Crippen LogP contribution is 2.21. The molecule has 1 aromatic heterocycles. The number of nitrogens with one attached hydrogen (secondary N) is 1. The number of nitrogens with zero attached hydrogens (tertiary/aromatic N) is 3. The Balaban J connectivity index is 1.82. The first kappa shape index (κ1) is 17.5. The fourth-order valence-corrected chi connectivity index (χ4v) is 2.73. The molecule has 1 N–H and O–H groups in total. The molecule has 1 aliphatic rings. The Morgan fingerprint density at radius 3 is 2.91 bits per heavy atom. The summed E-state index contributed by atoms with van der Waals surface area (Å²) in [4.78, 5) is 19.1. The van der Waals surface area contributed by atoms with Gasteiger partial charge in [0.05, 0.1) is 18.4 Å². The average Bonchev–Trinajstić information content (AvgIpc) is 2.95. The van der Waals surface area contributed by atoms with Gasteiger partial charge < -0.3 is 10.2 Å². The molecular formula is C15H21F3N4O. The van der Waals surface area contributed by atoms with E-state index in [0.29, 0.717) is 31.9 Å². The summed E-state index contributed by atoms with van der Waals surface area (Å²) in [6.45, 7) is 2.54. The van der Waals surface area contributed by atoms with Crippen LogP contribution in [-0.4, -0.2) is 59.7 Å². The van der Waals surface area contributed by atoms with Crippen LogP contribution in [0.1, 0.15) is 13.3 Å². The van der Waals surface area contributed by atoms with E-state index in [-0.39, 0.29) is 11.9 Å². The highest BCUT2D eigenvalue weighted by atomic mass is 19.4. The minimum absolute atomic E-state index is 0.0666. The summed E-state index contributed by atoms with van der Waals surface area (Å²) in [5.41, 5.74) is 0.605. The monoisotopic (exact) mass is 330 g/mol. The minimum atomic E-state index is -4.19. The van der Waals surface area contributed by atoms with Gasteiger partial charge in [-0.15, -0.1) is 0 Å². The van der Waals surface area contributed by atoms with Gasteiger partial charge in [-0.1, -0.05) is 6.92 Å². The molecular weight excluding hydrogens is 309 g/mol. The third kappa shape index (κ3) is 5.70. The van der Waals surface area contributed by atoms with Crippen LogP contribution in [-0.2, 0) is 0 Å². The maximum absolute atomic E-state index is 12.5. The third-order valence-electron chi connectivity index (χ3n) is 3.85. The van der Waals surface area contributed by atoms with Gasteiger partial charge >= 0.3 is 12.2 Å². The Morgan fingerprint density at radius 2 is 2.30 bits per heavy atom. The number of aromatic nitrogens is 1. The number of urea groups is 1. The summed E-state index contributed by atoms with van der Waals surface area (Å²) < 4.78 is 37.5. The molecule has 0 aliphatic carbocycles. The Kier molecular flexibility index (Phi) is 5.81. The van der Waals surface area contributed by atoms with Crippen molar-refractivity contribution >= 4 is 11.7 Å². The molecule has 5 nitrogen and oxygen atoms in total. The first-order chi connectivity index (χ1) is 10.9. The number of likely N-dealkylation sites (tertiary alicyclic amines) is 1. The average molecular weight is 330 g/mol. The molecule has 2 amide bonds. The molecule has 0 radical (unpaired) electrons. The lowest BCUT2D eigenvalue weighted by Crippen LogP contribution is -2.39. The van der Waals surface area contributed by atoms with Crippen molar-refractivity contribution in [3.05, 3.63) is 24.5 Å². The van der Waals surface area contributed by atoms with Crippen molar-refractivity contribution in [3.63, 3.8) is 0 Å². The van der Waals surface area contributed by atoms with Gasteiger partial charge in [0.2, 0.25) is 0 Å².